The van der Waals surface area contributed by atoms with E-state index in [0.29, 0.717) is 23.0 Å². The number of imidazole rings is 1. The lowest BCUT2D eigenvalue weighted by molar-refractivity contribution is 0.672. The van der Waals surface area contributed by atoms with Crippen LogP contribution in [-0.2, 0) is 13.0 Å². The highest BCUT2D eigenvalue weighted by molar-refractivity contribution is 6.35. The van der Waals surface area contributed by atoms with Crippen LogP contribution in [0.2, 0.25) is 10.0 Å². The zero-order valence-electron chi connectivity index (χ0n) is 8.41. The van der Waals surface area contributed by atoms with E-state index >= 15 is 0 Å². The average molecular weight is 257 g/mol. The van der Waals surface area contributed by atoms with Crippen molar-refractivity contribution in [2.45, 2.75) is 13.0 Å². The lowest BCUT2D eigenvalue weighted by Crippen LogP contribution is -2.17. The van der Waals surface area contributed by atoms with Crippen LogP contribution in [0.3, 0.4) is 0 Å². The average Bonchev–Trinajstić information content (AvgIpc) is 2.63. The molecule has 2 rings (SSSR count). The van der Waals surface area contributed by atoms with Crippen molar-refractivity contribution in [2.75, 3.05) is 0 Å². The number of benzene rings is 1. The van der Waals surface area contributed by atoms with E-state index in [-0.39, 0.29) is 5.69 Å². The fourth-order valence-electron chi connectivity index (χ4n) is 1.49. The van der Waals surface area contributed by atoms with E-state index in [1.165, 1.54) is 0 Å². The minimum absolute atomic E-state index is 0.106. The van der Waals surface area contributed by atoms with Crippen LogP contribution < -0.4 is 5.69 Å². The van der Waals surface area contributed by atoms with Crippen LogP contribution in [-0.4, -0.2) is 9.55 Å². The summed E-state index contributed by atoms with van der Waals surface area (Å²) in [7, 11) is 0. The van der Waals surface area contributed by atoms with Crippen molar-refractivity contribution in [3.8, 4) is 0 Å². The highest BCUT2D eigenvalue weighted by Gasteiger charge is 2.02. The lowest BCUT2D eigenvalue weighted by Gasteiger charge is -2.04. The second-order valence-corrected chi connectivity index (χ2v) is 4.29. The number of aromatic amines is 1. The Morgan fingerprint density at radius 2 is 2.12 bits per heavy atom. The summed E-state index contributed by atoms with van der Waals surface area (Å²) in [5.41, 5.74) is 0.879. The molecule has 16 heavy (non-hydrogen) atoms. The van der Waals surface area contributed by atoms with Crippen molar-refractivity contribution in [1.82, 2.24) is 9.55 Å². The monoisotopic (exact) mass is 256 g/mol. The number of rotatable bonds is 3. The molecule has 2 aromatic rings. The van der Waals surface area contributed by atoms with Crippen molar-refractivity contribution in [2.24, 2.45) is 0 Å². The van der Waals surface area contributed by atoms with Gasteiger partial charge < -0.3 is 4.98 Å². The van der Waals surface area contributed by atoms with Gasteiger partial charge in [0.15, 0.2) is 0 Å². The van der Waals surface area contributed by atoms with E-state index in [2.05, 4.69) is 4.98 Å². The SMILES string of the molecule is O=c1[nH]ccn1CCc1ccc(Cl)cc1Cl. The Morgan fingerprint density at radius 1 is 1.31 bits per heavy atom. The molecule has 0 bridgehead atoms. The second-order valence-electron chi connectivity index (χ2n) is 3.44. The van der Waals surface area contributed by atoms with Crippen LogP contribution in [0, 0.1) is 0 Å². The molecule has 0 aliphatic rings. The van der Waals surface area contributed by atoms with Gasteiger partial charge in [-0.15, -0.1) is 0 Å². The molecule has 0 saturated heterocycles. The van der Waals surface area contributed by atoms with Gasteiger partial charge in [0.1, 0.15) is 0 Å². The van der Waals surface area contributed by atoms with Gasteiger partial charge in [0.25, 0.3) is 0 Å². The van der Waals surface area contributed by atoms with Gasteiger partial charge in [-0.3, -0.25) is 4.57 Å². The zero-order chi connectivity index (χ0) is 11.5. The summed E-state index contributed by atoms with van der Waals surface area (Å²) in [5, 5.41) is 1.25. The third-order valence-corrected chi connectivity index (χ3v) is 2.95. The number of H-pyrrole nitrogens is 1. The molecule has 0 aliphatic heterocycles. The van der Waals surface area contributed by atoms with Crippen molar-refractivity contribution < 1.29 is 0 Å². The van der Waals surface area contributed by atoms with Crippen LogP contribution in [0.25, 0.3) is 0 Å². The van der Waals surface area contributed by atoms with E-state index in [4.69, 9.17) is 23.2 Å². The third-order valence-electron chi connectivity index (χ3n) is 2.36. The number of halogens is 2. The van der Waals surface area contributed by atoms with E-state index in [0.717, 1.165) is 5.56 Å². The molecule has 0 unspecified atom stereocenters. The predicted octanol–water partition coefficient (Wildman–Crippen LogP) is 2.73. The molecular formula is C11H10Cl2N2O. The van der Waals surface area contributed by atoms with Crippen molar-refractivity contribution in [3.63, 3.8) is 0 Å². The Hall–Kier alpha value is -1.19. The summed E-state index contributed by atoms with van der Waals surface area (Å²) in [5.74, 6) is 0. The summed E-state index contributed by atoms with van der Waals surface area (Å²) in [4.78, 5) is 13.8. The molecule has 0 spiro atoms. The topological polar surface area (TPSA) is 37.8 Å². The number of aromatic nitrogens is 2. The second kappa shape index (κ2) is 4.76. The predicted molar refractivity (Wildman–Crippen MR) is 65.2 cm³/mol. The molecule has 0 aliphatic carbocycles. The summed E-state index contributed by atoms with van der Waals surface area (Å²) in [6, 6.07) is 5.38. The number of aryl methyl sites for hydroxylation is 2. The first-order valence-electron chi connectivity index (χ1n) is 4.84. The quantitative estimate of drug-likeness (QED) is 0.901. The van der Waals surface area contributed by atoms with E-state index < -0.39 is 0 Å². The van der Waals surface area contributed by atoms with Crippen LogP contribution in [0.5, 0.6) is 0 Å². The minimum atomic E-state index is -0.106. The van der Waals surface area contributed by atoms with Crippen LogP contribution in [0.4, 0.5) is 0 Å². The first-order chi connectivity index (χ1) is 7.66. The molecule has 3 nitrogen and oxygen atoms in total. The molecule has 1 aromatic carbocycles. The highest BCUT2D eigenvalue weighted by Crippen LogP contribution is 2.21. The largest absolute Gasteiger partial charge is 0.325 e. The van der Waals surface area contributed by atoms with Gasteiger partial charge in [-0.05, 0) is 24.1 Å². The molecule has 1 N–H and O–H groups in total. The summed E-state index contributed by atoms with van der Waals surface area (Å²) in [6.07, 6.45) is 4.03. The Labute approximate surface area is 103 Å². The molecule has 84 valence electrons. The van der Waals surface area contributed by atoms with Gasteiger partial charge >= 0.3 is 5.69 Å². The maximum atomic E-state index is 11.2. The fourth-order valence-corrected chi connectivity index (χ4v) is 1.99. The highest BCUT2D eigenvalue weighted by atomic mass is 35.5. The molecule has 0 saturated carbocycles. The van der Waals surface area contributed by atoms with E-state index in [1.54, 1.807) is 29.1 Å². The first-order valence-corrected chi connectivity index (χ1v) is 5.60. The van der Waals surface area contributed by atoms with Gasteiger partial charge in [-0.1, -0.05) is 29.3 Å². The Bertz CT molecular complexity index is 545. The van der Waals surface area contributed by atoms with Gasteiger partial charge in [-0.2, -0.15) is 0 Å². The normalized spacial score (nSPS) is 10.6. The standard InChI is InChI=1S/C11H10Cl2N2O/c12-9-2-1-8(10(13)7-9)3-5-15-6-4-14-11(15)16/h1-2,4,6-7H,3,5H2,(H,14,16). The van der Waals surface area contributed by atoms with Crippen molar-refractivity contribution in [3.05, 3.63) is 56.7 Å². The molecular weight excluding hydrogens is 247 g/mol. The molecule has 0 radical (unpaired) electrons. The van der Waals surface area contributed by atoms with Gasteiger partial charge in [0, 0.05) is 29.0 Å². The number of hydrogen-bond donors (Lipinski definition) is 1. The summed E-state index contributed by atoms with van der Waals surface area (Å²) in [6.45, 7) is 0.601. The fraction of sp³-hybridized carbons (Fsp3) is 0.182. The maximum Gasteiger partial charge on any atom is 0.325 e. The molecule has 1 aromatic heterocycles. The van der Waals surface area contributed by atoms with Crippen molar-refractivity contribution in [1.29, 1.82) is 0 Å². The van der Waals surface area contributed by atoms with E-state index in [1.807, 2.05) is 6.07 Å². The smallest absolute Gasteiger partial charge is 0.313 e. The summed E-state index contributed by atoms with van der Waals surface area (Å²) >= 11 is 11.8. The van der Waals surface area contributed by atoms with Gasteiger partial charge in [0.05, 0.1) is 0 Å². The van der Waals surface area contributed by atoms with Crippen molar-refractivity contribution >= 4 is 23.2 Å². The first kappa shape index (κ1) is 11.3. The third kappa shape index (κ3) is 2.49. The lowest BCUT2D eigenvalue weighted by atomic mass is 10.1. The number of hydrogen-bond acceptors (Lipinski definition) is 1. The zero-order valence-corrected chi connectivity index (χ0v) is 9.92. The molecule has 5 heteroatoms. The molecule has 1 heterocycles. The van der Waals surface area contributed by atoms with Crippen LogP contribution >= 0.6 is 23.2 Å². The Morgan fingerprint density at radius 3 is 2.75 bits per heavy atom. The minimum Gasteiger partial charge on any atom is -0.313 e. The van der Waals surface area contributed by atoms with Crippen LogP contribution in [0.1, 0.15) is 5.56 Å². The maximum absolute atomic E-state index is 11.2. The van der Waals surface area contributed by atoms with E-state index in [9.17, 15) is 4.79 Å². The summed E-state index contributed by atoms with van der Waals surface area (Å²) < 4.78 is 1.60. The van der Waals surface area contributed by atoms with Gasteiger partial charge in [0.2, 0.25) is 0 Å². The Balaban J connectivity index is 2.11. The number of nitrogens with one attached hydrogen (secondary N) is 1. The Kier molecular flexibility index (Phi) is 3.36. The molecule has 0 atom stereocenters. The van der Waals surface area contributed by atoms with Gasteiger partial charge in [-0.25, -0.2) is 4.79 Å². The molecule has 0 fully saturated rings. The van der Waals surface area contributed by atoms with Crippen LogP contribution in [0.15, 0.2) is 35.4 Å². The number of nitrogens with zero attached hydrogens (tertiary/aromatic N) is 1. The molecule has 0 amide bonds.